The highest BCUT2D eigenvalue weighted by atomic mass is 16.6. The molecule has 0 fully saturated rings. The van der Waals surface area contributed by atoms with Crippen LogP contribution in [0.2, 0.25) is 0 Å². The molecule has 0 aromatic carbocycles. The average Bonchev–Trinajstić information content (AvgIpc) is 3.15. The van der Waals surface area contributed by atoms with Gasteiger partial charge in [0.05, 0.1) is 40.0 Å². The number of aryl methyl sites for hydroxylation is 4. The quantitative estimate of drug-likeness (QED) is 0.493. The van der Waals surface area contributed by atoms with Crippen LogP contribution in [-0.4, -0.2) is 21.1 Å². The Morgan fingerprint density at radius 2 is 1.42 bits per heavy atom. The summed E-state index contributed by atoms with van der Waals surface area (Å²) in [6, 6.07) is 0.925. The topological polar surface area (TPSA) is 70.2 Å². The molecule has 26 heavy (non-hydrogen) atoms. The molecule has 0 atom stereocenters. The number of ether oxygens (including phenoxy) is 2. The number of carbonyl (C=O) groups is 2. The van der Waals surface area contributed by atoms with Gasteiger partial charge >= 0.3 is 24.0 Å². The van der Waals surface area contributed by atoms with Crippen LogP contribution in [0.4, 0.5) is 0 Å². The van der Waals surface area contributed by atoms with Crippen molar-refractivity contribution in [3.05, 3.63) is 24.8 Å². The van der Waals surface area contributed by atoms with Crippen molar-refractivity contribution in [1.82, 2.24) is 9.13 Å². The van der Waals surface area contributed by atoms with Crippen LogP contribution >= 0.6 is 0 Å². The Labute approximate surface area is 153 Å². The van der Waals surface area contributed by atoms with Crippen molar-refractivity contribution >= 4 is 11.9 Å². The van der Waals surface area contributed by atoms with E-state index in [0.717, 1.165) is 19.4 Å². The molecule has 0 aliphatic heterocycles. The lowest BCUT2D eigenvalue weighted by atomic mass is 10.3. The van der Waals surface area contributed by atoms with Gasteiger partial charge in [0.1, 0.15) is 24.8 Å². The molecule has 0 N–H and O–H groups in total. The molecule has 8 heteroatoms. The van der Waals surface area contributed by atoms with E-state index >= 15 is 0 Å². The van der Waals surface area contributed by atoms with Crippen LogP contribution in [0.25, 0.3) is 0 Å². The normalized spacial score (nSPS) is 10.8. The fraction of sp³-hybridized carbons (Fsp3) is 0.556. The second kappa shape index (κ2) is 9.17. The van der Waals surface area contributed by atoms with Crippen molar-refractivity contribution < 1.29 is 28.2 Å². The molecule has 2 heterocycles. The van der Waals surface area contributed by atoms with Crippen LogP contribution in [0.5, 0.6) is 12.0 Å². The average molecular weight is 364 g/mol. The summed E-state index contributed by atoms with van der Waals surface area (Å²) in [4.78, 5) is 24.2. The minimum atomic E-state index is -0.461. The van der Waals surface area contributed by atoms with E-state index < -0.39 is 11.9 Å². The zero-order chi connectivity index (χ0) is 19.1. The summed E-state index contributed by atoms with van der Waals surface area (Å²) >= 11 is 0. The van der Waals surface area contributed by atoms with Gasteiger partial charge in [-0.15, -0.1) is 0 Å². The summed E-state index contributed by atoms with van der Waals surface area (Å²) in [5.74, 6) is -0.916. The predicted octanol–water partition coefficient (Wildman–Crippen LogP) is 1.05. The number of hydrogen-bond acceptors (Lipinski definition) is 4. The Morgan fingerprint density at radius 1 is 0.923 bits per heavy atom. The number of esters is 2. The molecule has 0 spiro atoms. The fourth-order valence-electron chi connectivity index (χ4n) is 2.53. The van der Waals surface area contributed by atoms with Gasteiger partial charge in [0, 0.05) is 0 Å². The summed E-state index contributed by atoms with van der Waals surface area (Å²) < 4.78 is 18.0. The SMILES string of the molecule is CCCCn1cc[n+](C)c1OC(=O)CCC(=O)Oc1n(CC)cc[n+]1C. The summed E-state index contributed by atoms with van der Waals surface area (Å²) in [7, 11) is 3.62. The van der Waals surface area contributed by atoms with Crippen molar-refractivity contribution in [2.24, 2.45) is 14.1 Å². The monoisotopic (exact) mass is 364 g/mol. The van der Waals surface area contributed by atoms with Crippen molar-refractivity contribution in [2.45, 2.75) is 52.6 Å². The minimum absolute atomic E-state index is 0.0334. The second-order valence-electron chi connectivity index (χ2n) is 6.16. The van der Waals surface area contributed by atoms with Crippen LogP contribution in [0.15, 0.2) is 24.8 Å². The molecule has 0 amide bonds. The molecule has 2 rings (SSSR count). The van der Waals surface area contributed by atoms with Crippen LogP contribution in [0, 0.1) is 0 Å². The van der Waals surface area contributed by atoms with Crippen LogP contribution in [0.1, 0.15) is 39.5 Å². The first-order valence-corrected chi connectivity index (χ1v) is 8.97. The zero-order valence-corrected chi connectivity index (χ0v) is 16.0. The number of unbranched alkanes of at least 4 members (excludes halogenated alkanes) is 1. The Balaban J connectivity index is 1.88. The molecule has 2 aromatic heterocycles. The first-order valence-electron chi connectivity index (χ1n) is 8.97. The van der Waals surface area contributed by atoms with E-state index in [-0.39, 0.29) is 12.8 Å². The number of aromatic nitrogens is 4. The van der Waals surface area contributed by atoms with E-state index in [1.807, 2.05) is 47.9 Å². The van der Waals surface area contributed by atoms with Gasteiger partial charge in [-0.1, -0.05) is 13.3 Å². The number of imidazole rings is 2. The van der Waals surface area contributed by atoms with Gasteiger partial charge in [-0.25, -0.2) is 0 Å². The van der Waals surface area contributed by atoms with E-state index in [1.165, 1.54) is 0 Å². The third-order valence-electron chi connectivity index (χ3n) is 4.07. The van der Waals surface area contributed by atoms with Crippen LogP contribution in [0.3, 0.4) is 0 Å². The number of rotatable bonds is 9. The highest BCUT2D eigenvalue weighted by Crippen LogP contribution is 2.10. The summed E-state index contributed by atoms with van der Waals surface area (Å²) in [6.07, 6.45) is 9.35. The molecule has 0 aliphatic rings. The standard InChI is InChI=1S/C18H28N4O4/c1-5-7-10-22-14-12-20(4)18(22)26-16(24)9-8-15(23)25-17-19(3)11-13-21(17)6-2/h11-14H,5-10H2,1-4H3/q+2. The number of hydrogen-bond donors (Lipinski definition) is 0. The Bertz CT molecular complexity index is 763. The summed E-state index contributed by atoms with van der Waals surface area (Å²) in [6.45, 7) is 5.54. The van der Waals surface area contributed by atoms with Crippen molar-refractivity contribution in [3.8, 4) is 12.0 Å². The highest BCUT2D eigenvalue weighted by Gasteiger charge is 2.23. The van der Waals surface area contributed by atoms with Crippen molar-refractivity contribution in [3.63, 3.8) is 0 Å². The van der Waals surface area contributed by atoms with Gasteiger partial charge in [0.25, 0.3) is 0 Å². The Kier molecular flexibility index (Phi) is 6.94. The van der Waals surface area contributed by atoms with Gasteiger partial charge in [0.15, 0.2) is 0 Å². The van der Waals surface area contributed by atoms with E-state index in [9.17, 15) is 9.59 Å². The molecule has 0 aliphatic carbocycles. The molecule has 0 unspecified atom stereocenters. The van der Waals surface area contributed by atoms with Crippen molar-refractivity contribution in [1.29, 1.82) is 0 Å². The van der Waals surface area contributed by atoms with Gasteiger partial charge in [-0.2, -0.15) is 18.3 Å². The third kappa shape index (κ3) is 4.93. The van der Waals surface area contributed by atoms with Gasteiger partial charge < -0.3 is 9.47 Å². The Hall–Kier alpha value is -2.64. The van der Waals surface area contributed by atoms with Gasteiger partial charge in [-0.3, -0.25) is 9.59 Å². The Morgan fingerprint density at radius 3 is 1.92 bits per heavy atom. The number of carbonyl (C=O) groups excluding carboxylic acids is 2. The van der Waals surface area contributed by atoms with E-state index in [0.29, 0.717) is 18.6 Å². The zero-order valence-electron chi connectivity index (χ0n) is 16.0. The first-order chi connectivity index (χ1) is 12.5. The maximum Gasteiger partial charge on any atom is 0.463 e. The third-order valence-corrected chi connectivity index (χ3v) is 4.07. The van der Waals surface area contributed by atoms with E-state index in [2.05, 4.69) is 6.92 Å². The second-order valence-corrected chi connectivity index (χ2v) is 6.16. The maximum atomic E-state index is 12.1. The van der Waals surface area contributed by atoms with E-state index in [1.54, 1.807) is 16.2 Å². The molecule has 8 nitrogen and oxygen atoms in total. The molecule has 0 bridgehead atoms. The number of nitrogens with zero attached hydrogens (tertiary/aromatic N) is 4. The smallest absolute Gasteiger partial charge is 0.357 e. The minimum Gasteiger partial charge on any atom is -0.357 e. The molecule has 0 radical (unpaired) electrons. The molecule has 142 valence electrons. The van der Waals surface area contributed by atoms with E-state index in [4.69, 9.17) is 9.47 Å². The van der Waals surface area contributed by atoms with Gasteiger partial charge in [-0.05, 0) is 13.3 Å². The van der Waals surface area contributed by atoms with Crippen molar-refractivity contribution in [2.75, 3.05) is 0 Å². The lowest BCUT2D eigenvalue weighted by Gasteiger charge is -2.04. The first kappa shape index (κ1) is 19.7. The molecule has 2 aromatic rings. The largest absolute Gasteiger partial charge is 0.463 e. The fourth-order valence-corrected chi connectivity index (χ4v) is 2.53. The van der Waals surface area contributed by atoms with Crippen LogP contribution < -0.4 is 18.6 Å². The molecule has 0 saturated carbocycles. The molecular formula is C18H28N4O4+2. The highest BCUT2D eigenvalue weighted by molar-refractivity contribution is 5.79. The summed E-state index contributed by atoms with van der Waals surface area (Å²) in [5, 5.41) is 0. The van der Waals surface area contributed by atoms with Crippen LogP contribution in [-0.2, 0) is 36.8 Å². The lowest BCUT2D eigenvalue weighted by molar-refractivity contribution is -0.675. The molecular weight excluding hydrogens is 336 g/mol. The maximum absolute atomic E-state index is 12.1. The summed E-state index contributed by atoms with van der Waals surface area (Å²) in [5.41, 5.74) is 0. The molecule has 0 saturated heterocycles. The predicted molar refractivity (Wildman–Crippen MR) is 92.3 cm³/mol. The lowest BCUT2D eigenvalue weighted by Crippen LogP contribution is -2.32. The van der Waals surface area contributed by atoms with Gasteiger partial charge in [0.2, 0.25) is 0 Å².